The van der Waals surface area contributed by atoms with Crippen molar-refractivity contribution in [2.45, 2.75) is 6.54 Å². The van der Waals surface area contributed by atoms with E-state index in [1.165, 1.54) is 42.5 Å². The smallest absolute Gasteiger partial charge is 0.313 e. The fourth-order valence-electron chi connectivity index (χ4n) is 1.67. The van der Waals surface area contributed by atoms with Gasteiger partial charge in [-0.25, -0.2) is 4.39 Å². The van der Waals surface area contributed by atoms with Crippen LogP contribution in [0.25, 0.3) is 0 Å². The first-order valence-corrected chi connectivity index (χ1v) is 6.18. The number of aromatic hydroxyl groups is 1. The summed E-state index contributed by atoms with van der Waals surface area (Å²) in [5.41, 5.74) is 0.581. The molecule has 0 aliphatic heterocycles. The number of phenolic OH excluding ortho intramolecular Hbond substituents is 1. The van der Waals surface area contributed by atoms with Gasteiger partial charge in [0.15, 0.2) is 0 Å². The predicted octanol–water partition coefficient (Wildman–Crippen LogP) is 1.79. The summed E-state index contributed by atoms with van der Waals surface area (Å²) in [5.74, 6) is -2.26. The minimum Gasteiger partial charge on any atom is -0.508 e. The standard InChI is InChI=1S/C15H13FN2O3/c16-13-7-2-1-4-10(13)9-17-14(20)15(21)18-11-5-3-6-12(19)8-11/h1-8,19H,9H2,(H,17,20)(H,18,21). The number of rotatable bonds is 3. The molecule has 5 nitrogen and oxygen atoms in total. The van der Waals surface area contributed by atoms with Crippen molar-refractivity contribution < 1.29 is 19.1 Å². The van der Waals surface area contributed by atoms with Crippen molar-refractivity contribution >= 4 is 17.5 Å². The van der Waals surface area contributed by atoms with Crippen LogP contribution in [0.3, 0.4) is 0 Å². The van der Waals surface area contributed by atoms with Crippen LogP contribution in [0.2, 0.25) is 0 Å². The monoisotopic (exact) mass is 288 g/mol. The molecule has 21 heavy (non-hydrogen) atoms. The summed E-state index contributed by atoms with van der Waals surface area (Å²) in [5, 5.41) is 13.9. The van der Waals surface area contributed by atoms with E-state index in [9.17, 15) is 19.1 Å². The summed E-state index contributed by atoms with van der Waals surface area (Å²) >= 11 is 0. The van der Waals surface area contributed by atoms with E-state index in [1.807, 2.05) is 0 Å². The molecule has 0 fully saturated rings. The molecule has 0 unspecified atom stereocenters. The number of anilines is 1. The first-order chi connectivity index (χ1) is 10.1. The molecule has 6 heteroatoms. The first-order valence-electron chi connectivity index (χ1n) is 6.18. The second-order valence-corrected chi connectivity index (χ2v) is 4.28. The molecule has 0 saturated carbocycles. The van der Waals surface area contributed by atoms with Crippen LogP contribution in [0.1, 0.15) is 5.56 Å². The molecular formula is C15H13FN2O3. The molecule has 3 N–H and O–H groups in total. The lowest BCUT2D eigenvalue weighted by Crippen LogP contribution is -2.35. The average Bonchev–Trinajstić information content (AvgIpc) is 2.46. The lowest BCUT2D eigenvalue weighted by molar-refractivity contribution is -0.136. The maximum Gasteiger partial charge on any atom is 0.313 e. The second-order valence-electron chi connectivity index (χ2n) is 4.28. The highest BCUT2D eigenvalue weighted by Gasteiger charge is 2.14. The summed E-state index contributed by atoms with van der Waals surface area (Å²) in [6, 6.07) is 11.8. The highest BCUT2D eigenvalue weighted by Crippen LogP contribution is 2.15. The molecule has 0 saturated heterocycles. The molecule has 0 aliphatic carbocycles. The maximum absolute atomic E-state index is 13.4. The summed E-state index contributed by atoms with van der Waals surface area (Å²) in [7, 11) is 0. The van der Waals surface area contributed by atoms with Crippen LogP contribution in [0.5, 0.6) is 5.75 Å². The van der Waals surface area contributed by atoms with E-state index in [0.717, 1.165) is 0 Å². The van der Waals surface area contributed by atoms with E-state index in [2.05, 4.69) is 10.6 Å². The van der Waals surface area contributed by atoms with E-state index >= 15 is 0 Å². The van der Waals surface area contributed by atoms with Crippen molar-refractivity contribution in [3.05, 3.63) is 59.9 Å². The minimum absolute atomic E-state index is 0.0282. The number of benzene rings is 2. The van der Waals surface area contributed by atoms with E-state index in [1.54, 1.807) is 6.07 Å². The summed E-state index contributed by atoms with van der Waals surface area (Å²) < 4.78 is 13.4. The number of hydrogen-bond acceptors (Lipinski definition) is 3. The molecule has 2 amide bonds. The Balaban J connectivity index is 1.91. The van der Waals surface area contributed by atoms with E-state index in [0.29, 0.717) is 5.69 Å². The van der Waals surface area contributed by atoms with Gasteiger partial charge < -0.3 is 15.7 Å². The molecule has 2 aromatic rings. The predicted molar refractivity (Wildman–Crippen MR) is 75.0 cm³/mol. The number of hydrogen-bond donors (Lipinski definition) is 3. The Labute approximate surface area is 120 Å². The molecule has 0 radical (unpaired) electrons. The molecule has 0 heterocycles. The van der Waals surface area contributed by atoms with Gasteiger partial charge in [0.05, 0.1) is 0 Å². The van der Waals surface area contributed by atoms with Crippen LogP contribution in [-0.2, 0) is 16.1 Å². The molecule has 108 valence electrons. The molecule has 0 aliphatic rings. The largest absolute Gasteiger partial charge is 0.508 e. The molecule has 0 bridgehead atoms. The van der Waals surface area contributed by atoms with Crippen LogP contribution >= 0.6 is 0 Å². The topological polar surface area (TPSA) is 78.4 Å². The molecule has 0 aromatic heterocycles. The zero-order chi connectivity index (χ0) is 15.2. The minimum atomic E-state index is -0.892. The number of phenols is 1. The second kappa shape index (κ2) is 6.51. The zero-order valence-electron chi connectivity index (χ0n) is 11.0. The number of carbonyl (C=O) groups is 2. The third-order valence-corrected chi connectivity index (χ3v) is 2.71. The van der Waals surface area contributed by atoms with Crippen molar-refractivity contribution in [2.24, 2.45) is 0 Å². The average molecular weight is 288 g/mol. The van der Waals surface area contributed by atoms with Crippen LogP contribution in [-0.4, -0.2) is 16.9 Å². The van der Waals surface area contributed by atoms with Gasteiger partial charge in [-0.05, 0) is 18.2 Å². The fraction of sp³-hybridized carbons (Fsp3) is 0.0667. The van der Waals surface area contributed by atoms with Gasteiger partial charge in [0.1, 0.15) is 11.6 Å². The quantitative estimate of drug-likeness (QED) is 0.753. The highest BCUT2D eigenvalue weighted by atomic mass is 19.1. The van der Waals surface area contributed by atoms with Crippen molar-refractivity contribution in [3.63, 3.8) is 0 Å². The van der Waals surface area contributed by atoms with Crippen LogP contribution in [0.15, 0.2) is 48.5 Å². The van der Waals surface area contributed by atoms with Gasteiger partial charge in [-0.3, -0.25) is 9.59 Å². The Kier molecular flexibility index (Phi) is 4.50. The zero-order valence-corrected chi connectivity index (χ0v) is 11.0. The van der Waals surface area contributed by atoms with Gasteiger partial charge in [-0.1, -0.05) is 24.3 Å². The van der Waals surface area contributed by atoms with E-state index in [-0.39, 0.29) is 17.9 Å². The van der Waals surface area contributed by atoms with Crippen LogP contribution in [0, 0.1) is 5.82 Å². The van der Waals surface area contributed by atoms with Gasteiger partial charge in [0, 0.05) is 23.9 Å². The Hall–Kier alpha value is -2.89. The summed E-state index contributed by atoms with van der Waals surface area (Å²) in [4.78, 5) is 23.2. The van der Waals surface area contributed by atoms with Crippen LogP contribution < -0.4 is 10.6 Å². The van der Waals surface area contributed by atoms with Crippen molar-refractivity contribution in [3.8, 4) is 5.75 Å². The van der Waals surface area contributed by atoms with E-state index < -0.39 is 17.6 Å². The first kappa shape index (κ1) is 14.5. The van der Waals surface area contributed by atoms with Crippen molar-refractivity contribution in [1.82, 2.24) is 5.32 Å². The van der Waals surface area contributed by atoms with Crippen LogP contribution in [0.4, 0.5) is 10.1 Å². The van der Waals surface area contributed by atoms with Gasteiger partial charge in [-0.15, -0.1) is 0 Å². The molecule has 0 atom stereocenters. The molecule has 2 aromatic carbocycles. The number of nitrogens with one attached hydrogen (secondary N) is 2. The Morgan fingerprint density at radius 2 is 1.81 bits per heavy atom. The Bertz CT molecular complexity index is 673. The number of amides is 2. The van der Waals surface area contributed by atoms with Gasteiger partial charge in [0.25, 0.3) is 0 Å². The normalized spacial score (nSPS) is 9.95. The lowest BCUT2D eigenvalue weighted by Gasteiger charge is -2.07. The molecule has 0 spiro atoms. The van der Waals surface area contributed by atoms with Gasteiger partial charge in [-0.2, -0.15) is 0 Å². The van der Waals surface area contributed by atoms with E-state index in [4.69, 9.17) is 0 Å². The van der Waals surface area contributed by atoms with Gasteiger partial charge in [0.2, 0.25) is 0 Å². The Morgan fingerprint density at radius 1 is 1.05 bits per heavy atom. The molecular weight excluding hydrogens is 275 g/mol. The Morgan fingerprint density at radius 3 is 2.52 bits per heavy atom. The SMILES string of the molecule is O=C(NCc1ccccc1F)C(=O)Nc1cccc(O)c1. The van der Waals surface area contributed by atoms with Crippen molar-refractivity contribution in [2.75, 3.05) is 5.32 Å². The van der Waals surface area contributed by atoms with Crippen molar-refractivity contribution in [1.29, 1.82) is 0 Å². The third kappa shape index (κ3) is 4.04. The number of halogens is 1. The molecule has 2 rings (SSSR count). The summed E-state index contributed by atoms with van der Waals surface area (Å²) in [6.07, 6.45) is 0. The number of carbonyl (C=O) groups excluding carboxylic acids is 2. The fourth-order valence-corrected chi connectivity index (χ4v) is 1.67. The maximum atomic E-state index is 13.4. The van der Waals surface area contributed by atoms with Gasteiger partial charge >= 0.3 is 11.8 Å². The third-order valence-electron chi connectivity index (χ3n) is 2.71. The summed E-state index contributed by atoms with van der Waals surface area (Å²) in [6.45, 7) is -0.0844. The lowest BCUT2D eigenvalue weighted by atomic mass is 10.2. The highest BCUT2D eigenvalue weighted by molar-refractivity contribution is 6.39.